The maximum absolute atomic E-state index is 14.2. The van der Waals surface area contributed by atoms with Crippen molar-refractivity contribution in [2.24, 2.45) is 0 Å². The highest BCUT2D eigenvalue weighted by Gasteiger charge is 2.48. The average Bonchev–Trinajstić information content (AvgIpc) is 2.85. The number of carbonyl (C=O) groups is 1. The van der Waals surface area contributed by atoms with Crippen molar-refractivity contribution in [2.75, 3.05) is 31.1 Å². The topological polar surface area (TPSA) is 61.8 Å². The number of piperidine rings is 1. The van der Waals surface area contributed by atoms with Gasteiger partial charge in [0.15, 0.2) is 5.60 Å². The Balaban J connectivity index is 1.38. The third-order valence-electron chi connectivity index (χ3n) is 7.02. The van der Waals surface area contributed by atoms with Gasteiger partial charge in [-0.1, -0.05) is 30.3 Å². The molecule has 0 spiro atoms. The molecule has 0 radical (unpaired) electrons. The van der Waals surface area contributed by atoms with Crippen LogP contribution in [0.15, 0.2) is 42.7 Å². The van der Waals surface area contributed by atoms with Crippen molar-refractivity contribution in [3.05, 3.63) is 53.9 Å². The van der Waals surface area contributed by atoms with Crippen molar-refractivity contribution in [1.29, 1.82) is 0 Å². The number of carbonyl (C=O) groups excluding carboxylic acids is 1. The number of hydrogen-bond acceptors (Lipinski definition) is 6. The van der Waals surface area contributed by atoms with Crippen molar-refractivity contribution < 1.29 is 31.5 Å². The van der Waals surface area contributed by atoms with E-state index in [0.717, 1.165) is 18.0 Å². The van der Waals surface area contributed by atoms with Gasteiger partial charge in [0.2, 0.25) is 5.95 Å². The van der Waals surface area contributed by atoms with E-state index in [-0.39, 0.29) is 31.9 Å². The molecule has 0 bridgehead atoms. The molecule has 0 unspecified atom stereocenters. The van der Waals surface area contributed by atoms with Crippen LogP contribution in [0.2, 0.25) is 0 Å². The summed E-state index contributed by atoms with van der Waals surface area (Å²) in [5.74, 6) is 0.106. The predicted molar refractivity (Wildman–Crippen MR) is 126 cm³/mol. The summed E-state index contributed by atoms with van der Waals surface area (Å²) in [6.45, 7) is 5.27. The Morgan fingerprint density at radius 1 is 1.05 bits per heavy atom. The summed E-state index contributed by atoms with van der Waals surface area (Å²) in [4.78, 5) is 26.0. The Morgan fingerprint density at radius 2 is 1.62 bits per heavy atom. The summed E-state index contributed by atoms with van der Waals surface area (Å²) in [7, 11) is 0. The first-order valence-corrected chi connectivity index (χ1v) is 12.2. The Hall–Kier alpha value is -3.02. The smallest absolute Gasteiger partial charge is 0.419 e. The number of halogens is 5. The van der Waals surface area contributed by atoms with Gasteiger partial charge >= 0.3 is 12.3 Å². The Morgan fingerprint density at radius 3 is 2.14 bits per heavy atom. The zero-order valence-electron chi connectivity index (χ0n) is 20.7. The number of amides is 1. The monoisotopic (exact) mass is 527 g/mol. The first-order valence-electron chi connectivity index (χ1n) is 12.2. The van der Waals surface area contributed by atoms with Crippen LogP contribution >= 0.6 is 0 Å². The Kier molecular flexibility index (Phi) is 7.86. The molecule has 1 amide bonds. The number of rotatable bonds is 5. The van der Waals surface area contributed by atoms with E-state index in [1.807, 2.05) is 30.3 Å². The lowest BCUT2D eigenvalue weighted by Crippen LogP contribution is -2.61. The Bertz CT molecular complexity index is 1030. The molecule has 1 aromatic heterocycles. The largest absolute Gasteiger partial charge is 0.437 e. The van der Waals surface area contributed by atoms with Gasteiger partial charge in [-0.2, -0.15) is 13.2 Å². The van der Waals surface area contributed by atoms with Gasteiger partial charge < -0.3 is 9.64 Å². The minimum atomic E-state index is -4.54. The zero-order valence-corrected chi connectivity index (χ0v) is 20.7. The van der Waals surface area contributed by atoms with Gasteiger partial charge in [0.05, 0.1) is 17.6 Å². The maximum atomic E-state index is 14.2. The molecule has 2 aliphatic heterocycles. The average molecular weight is 528 g/mol. The molecule has 0 aliphatic carbocycles. The van der Waals surface area contributed by atoms with Gasteiger partial charge in [-0.25, -0.2) is 23.5 Å². The molecule has 2 saturated heterocycles. The summed E-state index contributed by atoms with van der Waals surface area (Å²) in [6.07, 6.45) is -6.71. The van der Waals surface area contributed by atoms with Gasteiger partial charge in [-0.3, -0.25) is 9.80 Å². The first-order chi connectivity index (χ1) is 17.5. The van der Waals surface area contributed by atoms with Gasteiger partial charge in [0, 0.05) is 58.0 Å². The molecule has 0 N–H and O–H groups in total. The second-order valence-electron chi connectivity index (χ2n) is 9.77. The number of nitrogens with zero attached hydrogens (tertiary/aromatic N) is 5. The molecule has 1 aromatic carbocycles. The van der Waals surface area contributed by atoms with Crippen molar-refractivity contribution in [3.8, 4) is 0 Å². The number of benzene rings is 1. The molecule has 2 atom stereocenters. The number of anilines is 1. The highest BCUT2D eigenvalue weighted by Crippen LogP contribution is 2.35. The van der Waals surface area contributed by atoms with Crippen molar-refractivity contribution in [2.45, 2.75) is 63.5 Å². The highest BCUT2D eigenvalue weighted by atomic mass is 19.4. The van der Waals surface area contributed by atoms with E-state index in [1.165, 1.54) is 4.90 Å². The maximum Gasteiger partial charge on any atom is 0.419 e. The van der Waals surface area contributed by atoms with E-state index in [1.54, 1.807) is 18.7 Å². The van der Waals surface area contributed by atoms with Gasteiger partial charge in [0.1, 0.15) is 0 Å². The normalized spacial score (nSPS) is 22.8. The van der Waals surface area contributed by atoms with Crippen molar-refractivity contribution in [1.82, 2.24) is 19.8 Å². The van der Waals surface area contributed by atoms with Gasteiger partial charge in [-0.15, -0.1) is 0 Å². The number of ether oxygens (including phenoxy) is 1. The van der Waals surface area contributed by atoms with Crippen LogP contribution in [-0.4, -0.2) is 76.2 Å². The van der Waals surface area contributed by atoms with E-state index in [4.69, 9.17) is 4.74 Å². The number of aromatic nitrogens is 2. The fourth-order valence-corrected chi connectivity index (χ4v) is 5.00. The molecule has 4 rings (SSSR count). The van der Waals surface area contributed by atoms with Gasteiger partial charge in [-0.05, 0) is 19.4 Å². The van der Waals surface area contributed by atoms with Crippen LogP contribution in [-0.2, 0) is 17.5 Å². The van der Waals surface area contributed by atoms with E-state index >= 15 is 0 Å². The zero-order chi connectivity index (χ0) is 26.8. The molecule has 2 aliphatic rings. The van der Waals surface area contributed by atoms with E-state index in [2.05, 4.69) is 14.9 Å². The number of piperazine rings is 1. The summed E-state index contributed by atoms with van der Waals surface area (Å²) in [6, 6.07) is 8.80. The number of hydrogen-bond donors (Lipinski definition) is 0. The molecule has 0 saturated carbocycles. The summed E-state index contributed by atoms with van der Waals surface area (Å²) < 4.78 is 72.5. The molecule has 2 aromatic rings. The third kappa shape index (κ3) is 6.11. The first kappa shape index (κ1) is 27.0. The minimum Gasteiger partial charge on any atom is -0.437 e. The molecule has 2 fully saturated rings. The predicted octanol–water partition coefficient (Wildman–Crippen LogP) is 4.83. The van der Waals surface area contributed by atoms with Crippen LogP contribution in [0.5, 0.6) is 0 Å². The molecular formula is C25H30F5N5O2. The van der Waals surface area contributed by atoms with Crippen molar-refractivity contribution >= 4 is 12.0 Å². The molecule has 202 valence electrons. The van der Waals surface area contributed by atoms with Crippen LogP contribution in [0.25, 0.3) is 0 Å². The fraction of sp³-hybridized carbons (Fsp3) is 0.560. The second kappa shape index (κ2) is 10.8. The SMILES string of the molecule is C[C@@H]1CN(c2ncc(C(F)(F)F)cn2)C[C@H](C)N1C(=O)OC1(C(F)F)CCN(Cc2ccccc2)CC1. The van der Waals surface area contributed by atoms with Crippen LogP contribution < -0.4 is 4.90 Å². The third-order valence-corrected chi connectivity index (χ3v) is 7.02. The highest BCUT2D eigenvalue weighted by molar-refractivity contribution is 5.69. The number of alkyl halides is 5. The molecule has 12 heteroatoms. The molecule has 37 heavy (non-hydrogen) atoms. The van der Waals surface area contributed by atoms with Crippen LogP contribution in [0.3, 0.4) is 0 Å². The standard InChI is InChI=1S/C25H30F5N5O2/c1-17-14-34(22-31-12-20(13-32-22)25(28,29)30)15-18(2)35(17)23(36)37-24(21(26)27)8-10-33(11-9-24)16-19-6-4-3-5-7-19/h3-7,12-13,17-18,21H,8-11,14-16H2,1-2H3/t17-,18+. The van der Waals surface area contributed by atoms with E-state index in [9.17, 15) is 26.7 Å². The fourth-order valence-electron chi connectivity index (χ4n) is 5.00. The van der Waals surface area contributed by atoms with E-state index in [0.29, 0.717) is 19.6 Å². The van der Waals surface area contributed by atoms with Crippen LogP contribution in [0.4, 0.5) is 32.7 Å². The molecule has 3 heterocycles. The summed E-state index contributed by atoms with van der Waals surface area (Å²) in [5.41, 5.74) is -1.73. The van der Waals surface area contributed by atoms with Crippen LogP contribution in [0, 0.1) is 0 Å². The quantitative estimate of drug-likeness (QED) is 0.520. The number of likely N-dealkylation sites (tertiary alicyclic amines) is 1. The van der Waals surface area contributed by atoms with Crippen LogP contribution in [0.1, 0.15) is 37.8 Å². The lowest BCUT2D eigenvalue weighted by molar-refractivity contribution is -0.140. The summed E-state index contributed by atoms with van der Waals surface area (Å²) >= 11 is 0. The lowest BCUT2D eigenvalue weighted by atomic mass is 9.91. The Labute approximate surface area is 212 Å². The molecular weight excluding hydrogens is 497 g/mol. The lowest BCUT2D eigenvalue weighted by Gasteiger charge is -2.46. The summed E-state index contributed by atoms with van der Waals surface area (Å²) in [5, 5.41) is 0. The van der Waals surface area contributed by atoms with Gasteiger partial charge in [0.25, 0.3) is 6.43 Å². The van der Waals surface area contributed by atoms with Crippen molar-refractivity contribution in [3.63, 3.8) is 0 Å². The molecule has 7 nitrogen and oxygen atoms in total. The second-order valence-corrected chi connectivity index (χ2v) is 9.77. The minimum absolute atomic E-state index is 0.0192. The van der Waals surface area contributed by atoms with E-state index < -0.39 is 41.9 Å².